The van der Waals surface area contributed by atoms with Gasteiger partial charge in [0.05, 0.1) is 26.6 Å². The molecule has 1 saturated heterocycles. The van der Waals surface area contributed by atoms with Crippen LogP contribution in [0.2, 0.25) is 0 Å². The summed E-state index contributed by atoms with van der Waals surface area (Å²) in [7, 11) is 3.11. The van der Waals surface area contributed by atoms with E-state index in [9.17, 15) is 9.59 Å². The Bertz CT molecular complexity index is 557. The van der Waals surface area contributed by atoms with E-state index in [0.29, 0.717) is 31.0 Å². The number of hydrogen-bond acceptors (Lipinski definition) is 4. The molecule has 1 N–H and O–H groups in total. The van der Waals surface area contributed by atoms with Gasteiger partial charge in [0.15, 0.2) is 11.5 Å². The molecule has 1 atom stereocenters. The van der Waals surface area contributed by atoms with Crippen LogP contribution < -0.4 is 9.47 Å². The Hall–Kier alpha value is -2.24. The summed E-state index contributed by atoms with van der Waals surface area (Å²) < 4.78 is 10.4. The van der Waals surface area contributed by atoms with Crippen molar-refractivity contribution in [2.75, 3.05) is 27.3 Å². The minimum atomic E-state index is -0.830. The van der Waals surface area contributed by atoms with E-state index in [0.717, 1.165) is 12.0 Å². The summed E-state index contributed by atoms with van der Waals surface area (Å²) in [6.07, 6.45) is 1.59. The number of aliphatic carboxylic acids is 1. The van der Waals surface area contributed by atoms with E-state index in [2.05, 4.69) is 0 Å². The predicted molar refractivity (Wildman–Crippen MR) is 80.2 cm³/mol. The second-order valence-corrected chi connectivity index (χ2v) is 5.38. The smallest absolute Gasteiger partial charge is 0.308 e. The third-order valence-electron chi connectivity index (χ3n) is 3.93. The Morgan fingerprint density at radius 3 is 2.64 bits per heavy atom. The summed E-state index contributed by atoms with van der Waals surface area (Å²) in [6.45, 7) is 0.914. The van der Waals surface area contributed by atoms with E-state index in [-0.39, 0.29) is 12.3 Å². The maximum absolute atomic E-state index is 12.4. The van der Waals surface area contributed by atoms with E-state index in [4.69, 9.17) is 14.6 Å². The van der Waals surface area contributed by atoms with Gasteiger partial charge in [0, 0.05) is 13.1 Å². The fraction of sp³-hybridized carbons (Fsp3) is 0.500. The number of piperidine rings is 1. The second kappa shape index (κ2) is 7.15. The molecule has 1 aromatic carbocycles. The van der Waals surface area contributed by atoms with E-state index in [1.165, 1.54) is 0 Å². The third-order valence-corrected chi connectivity index (χ3v) is 3.93. The van der Waals surface area contributed by atoms with Gasteiger partial charge in [-0.1, -0.05) is 6.07 Å². The highest BCUT2D eigenvalue weighted by atomic mass is 16.5. The van der Waals surface area contributed by atoms with E-state index >= 15 is 0 Å². The van der Waals surface area contributed by atoms with Crippen molar-refractivity contribution in [3.05, 3.63) is 23.8 Å². The first-order valence-corrected chi connectivity index (χ1v) is 7.26. The normalized spacial score (nSPS) is 17.9. The van der Waals surface area contributed by atoms with Crippen LogP contribution in [-0.2, 0) is 16.0 Å². The summed E-state index contributed by atoms with van der Waals surface area (Å²) in [5, 5.41) is 9.09. The molecule has 120 valence electrons. The molecule has 1 aliphatic heterocycles. The van der Waals surface area contributed by atoms with Gasteiger partial charge in [-0.3, -0.25) is 9.59 Å². The predicted octanol–water partition coefficient (Wildman–Crippen LogP) is 1.57. The largest absolute Gasteiger partial charge is 0.493 e. The minimum Gasteiger partial charge on any atom is -0.493 e. The van der Waals surface area contributed by atoms with Gasteiger partial charge >= 0.3 is 5.97 Å². The highest BCUT2D eigenvalue weighted by Gasteiger charge is 2.28. The number of rotatable bonds is 5. The number of likely N-dealkylation sites (tertiary alicyclic amines) is 1. The average Bonchev–Trinajstić information content (AvgIpc) is 2.54. The number of nitrogens with zero attached hydrogens (tertiary/aromatic N) is 1. The monoisotopic (exact) mass is 307 g/mol. The molecular formula is C16H21NO5. The van der Waals surface area contributed by atoms with Gasteiger partial charge in [-0.2, -0.15) is 0 Å². The standard InChI is InChI=1S/C16H21NO5/c1-21-13-6-5-11(8-14(13)22-2)9-15(18)17-7-3-4-12(10-17)16(19)20/h5-6,8,12H,3-4,7,9-10H2,1-2H3,(H,19,20)/t12-/m0/s1. The van der Waals surface area contributed by atoms with Gasteiger partial charge in [-0.05, 0) is 30.5 Å². The van der Waals surface area contributed by atoms with Gasteiger partial charge in [0.1, 0.15) is 0 Å². The molecule has 0 radical (unpaired) electrons. The Kier molecular flexibility index (Phi) is 5.25. The average molecular weight is 307 g/mol. The molecule has 1 aromatic rings. The van der Waals surface area contributed by atoms with Crippen molar-refractivity contribution in [2.24, 2.45) is 5.92 Å². The van der Waals surface area contributed by atoms with Gasteiger partial charge in [-0.15, -0.1) is 0 Å². The number of benzene rings is 1. The first-order valence-electron chi connectivity index (χ1n) is 7.26. The molecule has 1 amide bonds. The quantitative estimate of drug-likeness (QED) is 0.893. The van der Waals surface area contributed by atoms with Crippen LogP contribution >= 0.6 is 0 Å². The molecule has 0 spiro atoms. The van der Waals surface area contributed by atoms with E-state index < -0.39 is 11.9 Å². The van der Waals surface area contributed by atoms with Crippen LogP contribution in [0.3, 0.4) is 0 Å². The van der Waals surface area contributed by atoms with Gasteiger partial charge < -0.3 is 19.5 Å². The summed E-state index contributed by atoms with van der Waals surface area (Å²) >= 11 is 0. The maximum Gasteiger partial charge on any atom is 0.308 e. The maximum atomic E-state index is 12.4. The fourth-order valence-corrected chi connectivity index (χ4v) is 2.68. The van der Waals surface area contributed by atoms with Crippen LogP contribution in [-0.4, -0.2) is 49.2 Å². The Morgan fingerprint density at radius 1 is 1.27 bits per heavy atom. The number of ether oxygens (including phenoxy) is 2. The number of carbonyl (C=O) groups is 2. The van der Waals surface area contributed by atoms with Crippen LogP contribution in [0.25, 0.3) is 0 Å². The lowest BCUT2D eigenvalue weighted by Crippen LogP contribution is -2.42. The zero-order valence-corrected chi connectivity index (χ0v) is 12.9. The summed E-state index contributed by atoms with van der Waals surface area (Å²) in [6, 6.07) is 5.35. The van der Waals surface area contributed by atoms with Crippen LogP contribution in [0.5, 0.6) is 11.5 Å². The van der Waals surface area contributed by atoms with Crippen molar-refractivity contribution in [2.45, 2.75) is 19.3 Å². The van der Waals surface area contributed by atoms with Gasteiger partial charge in [-0.25, -0.2) is 0 Å². The SMILES string of the molecule is COc1ccc(CC(=O)N2CCC[C@H](C(=O)O)C2)cc1OC. The van der Waals surface area contributed by atoms with Crippen molar-refractivity contribution >= 4 is 11.9 Å². The number of carboxylic acid groups (broad SMARTS) is 1. The lowest BCUT2D eigenvalue weighted by Gasteiger charge is -2.30. The summed E-state index contributed by atoms with van der Waals surface area (Å²) in [5.74, 6) is -0.151. The number of carboxylic acids is 1. The molecular weight excluding hydrogens is 286 g/mol. The fourth-order valence-electron chi connectivity index (χ4n) is 2.68. The molecule has 0 bridgehead atoms. The Labute approximate surface area is 129 Å². The Morgan fingerprint density at radius 2 is 2.00 bits per heavy atom. The minimum absolute atomic E-state index is 0.0573. The molecule has 1 fully saturated rings. The van der Waals surface area contributed by atoms with Crippen molar-refractivity contribution in [3.63, 3.8) is 0 Å². The number of carbonyl (C=O) groups excluding carboxylic acids is 1. The first kappa shape index (κ1) is 16.1. The zero-order valence-electron chi connectivity index (χ0n) is 12.9. The molecule has 6 nitrogen and oxygen atoms in total. The molecule has 0 aromatic heterocycles. The van der Waals surface area contributed by atoms with Crippen molar-refractivity contribution < 1.29 is 24.2 Å². The Balaban J connectivity index is 2.04. The molecule has 0 saturated carbocycles. The van der Waals surface area contributed by atoms with Crippen molar-refractivity contribution in [1.82, 2.24) is 4.90 Å². The second-order valence-electron chi connectivity index (χ2n) is 5.38. The number of hydrogen-bond donors (Lipinski definition) is 1. The van der Waals surface area contributed by atoms with E-state index in [1.54, 1.807) is 31.3 Å². The van der Waals surface area contributed by atoms with Gasteiger partial charge in [0.25, 0.3) is 0 Å². The van der Waals surface area contributed by atoms with Crippen molar-refractivity contribution in [1.29, 1.82) is 0 Å². The highest BCUT2D eigenvalue weighted by Crippen LogP contribution is 2.28. The van der Waals surface area contributed by atoms with Crippen molar-refractivity contribution in [3.8, 4) is 11.5 Å². The van der Waals surface area contributed by atoms with Gasteiger partial charge in [0.2, 0.25) is 5.91 Å². The van der Waals surface area contributed by atoms with Crippen LogP contribution in [0.1, 0.15) is 18.4 Å². The van der Waals surface area contributed by atoms with Crippen LogP contribution in [0, 0.1) is 5.92 Å². The molecule has 22 heavy (non-hydrogen) atoms. The molecule has 0 unspecified atom stereocenters. The highest BCUT2D eigenvalue weighted by molar-refractivity contribution is 5.80. The molecule has 1 aliphatic rings. The summed E-state index contributed by atoms with van der Waals surface area (Å²) in [5.41, 5.74) is 0.820. The number of methoxy groups -OCH3 is 2. The molecule has 2 rings (SSSR count). The lowest BCUT2D eigenvalue weighted by atomic mass is 9.97. The third kappa shape index (κ3) is 3.69. The first-order chi connectivity index (χ1) is 10.5. The lowest BCUT2D eigenvalue weighted by molar-refractivity contribution is -0.145. The molecule has 0 aliphatic carbocycles. The van der Waals surface area contributed by atoms with Crippen LogP contribution in [0.15, 0.2) is 18.2 Å². The van der Waals surface area contributed by atoms with E-state index in [1.807, 2.05) is 6.07 Å². The molecule has 6 heteroatoms. The molecule has 1 heterocycles. The van der Waals surface area contributed by atoms with Crippen LogP contribution in [0.4, 0.5) is 0 Å². The zero-order chi connectivity index (χ0) is 16.1. The topological polar surface area (TPSA) is 76.1 Å². The number of amides is 1. The summed E-state index contributed by atoms with van der Waals surface area (Å²) in [4.78, 5) is 25.1.